The lowest BCUT2D eigenvalue weighted by Gasteiger charge is -2.30. The number of dihydropyridines is 1. The first-order valence-corrected chi connectivity index (χ1v) is 13.3. The third-order valence-corrected chi connectivity index (χ3v) is 7.45. The van der Waals surface area contributed by atoms with Crippen molar-refractivity contribution < 1.29 is 9.59 Å². The summed E-state index contributed by atoms with van der Waals surface area (Å²) in [7, 11) is 0. The molecule has 38 heavy (non-hydrogen) atoms. The number of thioether (sulfide) groups is 1. The SMILES string of the molecule is CC1=C(C(=O)Nc2ccccc2C)[C@@H](c2ccccc2)C(C#N)=C(SCC(=O)Nc2cc(C)ccc2C)N1. The predicted molar refractivity (Wildman–Crippen MR) is 154 cm³/mol. The van der Waals surface area contributed by atoms with Gasteiger partial charge < -0.3 is 16.0 Å². The molecule has 4 rings (SSSR count). The molecule has 0 aromatic heterocycles. The van der Waals surface area contributed by atoms with Gasteiger partial charge in [0.25, 0.3) is 5.91 Å². The number of rotatable bonds is 7. The standard InChI is InChI=1S/C31H30N4O2S/c1-19-14-15-21(3)26(16-19)34-27(36)18-38-31-24(17-32)29(23-11-6-5-7-12-23)28(22(4)33-31)30(37)35-25-13-9-8-10-20(25)2/h5-16,29,33H,18H2,1-4H3,(H,34,36)(H,35,37)/t29-/m0/s1. The van der Waals surface area contributed by atoms with Crippen LogP contribution in [-0.2, 0) is 9.59 Å². The molecule has 0 spiro atoms. The first-order valence-electron chi connectivity index (χ1n) is 12.3. The molecule has 0 saturated carbocycles. The van der Waals surface area contributed by atoms with Crippen LogP contribution in [0.4, 0.5) is 11.4 Å². The summed E-state index contributed by atoms with van der Waals surface area (Å²) in [6.45, 7) is 7.69. The molecule has 3 aromatic carbocycles. The van der Waals surface area contributed by atoms with E-state index in [1.54, 1.807) is 0 Å². The number of para-hydroxylation sites is 1. The molecule has 0 aliphatic carbocycles. The molecule has 1 aliphatic heterocycles. The number of hydrogen-bond acceptors (Lipinski definition) is 5. The smallest absolute Gasteiger partial charge is 0.254 e. The molecule has 0 radical (unpaired) electrons. The van der Waals surface area contributed by atoms with Gasteiger partial charge in [0.2, 0.25) is 5.91 Å². The number of anilines is 2. The van der Waals surface area contributed by atoms with Gasteiger partial charge in [-0.2, -0.15) is 5.26 Å². The second-order valence-corrected chi connectivity index (χ2v) is 10.3. The number of amides is 2. The minimum atomic E-state index is -0.573. The molecule has 7 heteroatoms. The highest BCUT2D eigenvalue weighted by molar-refractivity contribution is 8.03. The Bertz CT molecular complexity index is 1490. The molecule has 3 N–H and O–H groups in total. The number of carbonyl (C=O) groups excluding carboxylic acids is 2. The highest BCUT2D eigenvalue weighted by atomic mass is 32.2. The molecular weight excluding hydrogens is 492 g/mol. The Kier molecular flexibility index (Phi) is 8.35. The Morgan fingerprint density at radius 3 is 2.29 bits per heavy atom. The molecule has 0 saturated heterocycles. The predicted octanol–water partition coefficient (Wildman–Crippen LogP) is 6.32. The number of nitrogens with zero attached hydrogens (tertiary/aromatic N) is 1. The van der Waals surface area contributed by atoms with Gasteiger partial charge in [-0.15, -0.1) is 0 Å². The molecule has 1 heterocycles. The van der Waals surface area contributed by atoms with Crippen LogP contribution in [0.5, 0.6) is 0 Å². The summed E-state index contributed by atoms with van der Waals surface area (Å²) in [4.78, 5) is 26.4. The highest BCUT2D eigenvalue weighted by Gasteiger charge is 2.35. The van der Waals surface area contributed by atoms with Crippen LogP contribution in [0.15, 0.2) is 94.7 Å². The van der Waals surface area contributed by atoms with E-state index in [0.717, 1.165) is 33.6 Å². The monoisotopic (exact) mass is 522 g/mol. The minimum absolute atomic E-state index is 0.112. The summed E-state index contributed by atoms with van der Waals surface area (Å²) in [5.74, 6) is -0.907. The minimum Gasteiger partial charge on any atom is -0.353 e. The van der Waals surface area contributed by atoms with E-state index in [2.05, 4.69) is 22.0 Å². The van der Waals surface area contributed by atoms with Crippen molar-refractivity contribution >= 4 is 35.0 Å². The van der Waals surface area contributed by atoms with Crippen molar-refractivity contribution in [3.63, 3.8) is 0 Å². The first-order chi connectivity index (χ1) is 18.3. The van der Waals surface area contributed by atoms with Crippen molar-refractivity contribution in [2.45, 2.75) is 33.6 Å². The van der Waals surface area contributed by atoms with E-state index in [9.17, 15) is 14.9 Å². The van der Waals surface area contributed by atoms with E-state index in [1.165, 1.54) is 11.8 Å². The van der Waals surface area contributed by atoms with Crippen molar-refractivity contribution in [2.24, 2.45) is 0 Å². The fourth-order valence-corrected chi connectivity index (χ4v) is 5.30. The zero-order valence-corrected chi connectivity index (χ0v) is 22.7. The molecule has 6 nitrogen and oxygen atoms in total. The fourth-order valence-electron chi connectivity index (χ4n) is 4.40. The topological polar surface area (TPSA) is 94.0 Å². The van der Waals surface area contributed by atoms with Gasteiger partial charge in [0.05, 0.1) is 28.3 Å². The van der Waals surface area contributed by atoms with Gasteiger partial charge in [-0.25, -0.2) is 0 Å². The summed E-state index contributed by atoms with van der Waals surface area (Å²) in [5.41, 5.74) is 6.83. The van der Waals surface area contributed by atoms with Crippen LogP contribution >= 0.6 is 11.8 Å². The van der Waals surface area contributed by atoms with E-state index in [0.29, 0.717) is 21.9 Å². The van der Waals surface area contributed by atoms with Gasteiger partial charge in [-0.3, -0.25) is 9.59 Å². The van der Waals surface area contributed by atoms with Crippen LogP contribution in [0.25, 0.3) is 0 Å². The second kappa shape index (κ2) is 11.8. The lowest BCUT2D eigenvalue weighted by atomic mass is 9.82. The van der Waals surface area contributed by atoms with Gasteiger partial charge in [-0.1, -0.05) is 72.4 Å². The van der Waals surface area contributed by atoms with Crippen LogP contribution in [0.3, 0.4) is 0 Å². The lowest BCUT2D eigenvalue weighted by Crippen LogP contribution is -2.31. The second-order valence-electron chi connectivity index (χ2n) is 9.29. The third-order valence-electron chi connectivity index (χ3n) is 6.43. The average molecular weight is 523 g/mol. The molecule has 0 fully saturated rings. The van der Waals surface area contributed by atoms with Crippen LogP contribution in [-0.4, -0.2) is 17.6 Å². The Hall–Kier alpha value is -4.28. The maximum Gasteiger partial charge on any atom is 0.254 e. The zero-order chi connectivity index (χ0) is 27.2. The maximum absolute atomic E-state index is 13.6. The molecular formula is C31H30N4O2S. The number of benzene rings is 3. The van der Waals surface area contributed by atoms with E-state index in [-0.39, 0.29) is 17.6 Å². The third kappa shape index (κ3) is 5.99. The van der Waals surface area contributed by atoms with Crippen LogP contribution in [0.1, 0.15) is 35.1 Å². The quantitative estimate of drug-likeness (QED) is 0.338. The van der Waals surface area contributed by atoms with Crippen LogP contribution in [0, 0.1) is 32.1 Å². The summed E-state index contributed by atoms with van der Waals surface area (Å²) in [6, 6.07) is 25.3. The number of nitrogens with one attached hydrogen (secondary N) is 3. The van der Waals surface area contributed by atoms with Gasteiger partial charge in [-0.05, 0) is 62.1 Å². The van der Waals surface area contributed by atoms with Crippen molar-refractivity contribution in [3.8, 4) is 6.07 Å². The average Bonchev–Trinajstić information content (AvgIpc) is 2.90. The van der Waals surface area contributed by atoms with E-state index in [4.69, 9.17) is 0 Å². The summed E-state index contributed by atoms with van der Waals surface area (Å²) < 4.78 is 0. The molecule has 0 unspecified atom stereocenters. The Labute approximate surface area is 227 Å². The summed E-state index contributed by atoms with van der Waals surface area (Å²) >= 11 is 1.26. The van der Waals surface area contributed by atoms with Crippen molar-refractivity contribution in [2.75, 3.05) is 16.4 Å². The Morgan fingerprint density at radius 1 is 0.895 bits per heavy atom. The van der Waals surface area contributed by atoms with Crippen LogP contribution < -0.4 is 16.0 Å². The van der Waals surface area contributed by atoms with Gasteiger partial charge in [0.15, 0.2) is 0 Å². The molecule has 1 aliphatic rings. The number of aryl methyl sites for hydroxylation is 3. The molecule has 0 bridgehead atoms. The van der Waals surface area contributed by atoms with Gasteiger partial charge in [0.1, 0.15) is 0 Å². The Balaban J connectivity index is 1.62. The molecule has 3 aromatic rings. The van der Waals surface area contributed by atoms with Gasteiger partial charge in [0, 0.05) is 22.6 Å². The fraction of sp³-hybridized carbons (Fsp3) is 0.194. The molecule has 192 valence electrons. The van der Waals surface area contributed by atoms with Crippen molar-refractivity contribution in [1.29, 1.82) is 5.26 Å². The Morgan fingerprint density at radius 2 is 1.58 bits per heavy atom. The van der Waals surface area contributed by atoms with Crippen LogP contribution in [0.2, 0.25) is 0 Å². The van der Waals surface area contributed by atoms with Gasteiger partial charge >= 0.3 is 0 Å². The van der Waals surface area contributed by atoms with E-state index in [1.807, 2.05) is 100 Å². The molecule has 1 atom stereocenters. The summed E-state index contributed by atoms with van der Waals surface area (Å²) in [5, 5.41) is 20.1. The first kappa shape index (κ1) is 26.8. The number of nitriles is 1. The summed E-state index contributed by atoms with van der Waals surface area (Å²) in [6.07, 6.45) is 0. The zero-order valence-electron chi connectivity index (χ0n) is 21.9. The molecule has 2 amide bonds. The van der Waals surface area contributed by atoms with E-state index < -0.39 is 5.92 Å². The largest absolute Gasteiger partial charge is 0.353 e. The number of carbonyl (C=O) groups is 2. The maximum atomic E-state index is 13.6. The number of allylic oxidation sites excluding steroid dienone is 2. The highest BCUT2D eigenvalue weighted by Crippen LogP contribution is 2.41. The normalized spacial score (nSPS) is 15.0. The number of hydrogen-bond donors (Lipinski definition) is 3. The van der Waals surface area contributed by atoms with E-state index >= 15 is 0 Å². The van der Waals surface area contributed by atoms with Crippen molar-refractivity contribution in [1.82, 2.24) is 5.32 Å². The van der Waals surface area contributed by atoms with Crippen molar-refractivity contribution in [3.05, 3.63) is 117 Å². The lowest BCUT2D eigenvalue weighted by molar-refractivity contribution is -0.114.